The molecule has 0 bridgehead atoms. The molecule has 0 unspecified atom stereocenters. The molecule has 4 heteroatoms. The van der Waals surface area contributed by atoms with Crippen molar-refractivity contribution < 1.29 is 9.90 Å². The van der Waals surface area contributed by atoms with Crippen LogP contribution in [0.15, 0.2) is 54.6 Å². The Morgan fingerprint density at radius 1 is 1.04 bits per heavy atom. The summed E-state index contributed by atoms with van der Waals surface area (Å²) in [6.07, 6.45) is 4.65. The van der Waals surface area contributed by atoms with E-state index in [1.54, 1.807) is 12.1 Å². The van der Waals surface area contributed by atoms with Crippen molar-refractivity contribution in [2.45, 2.75) is 43.7 Å². The van der Waals surface area contributed by atoms with Crippen molar-refractivity contribution in [2.24, 2.45) is 5.92 Å². The van der Waals surface area contributed by atoms with Gasteiger partial charge in [-0.1, -0.05) is 66.9 Å². The van der Waals surface area contributed by atoms with Gasteiger partial charge in [0.15, 0.2) is 0 Å². The molecule has 0 spiro atoms. The van der Waals surface area contributed by atoms with Crippen LogP contribution < -0.4 is 0 Å². The molecule has 0 radical (unpaired) electrons. The highest BCUT2D eigenvalue weighted by Gasteiger charge is 2.50. The van der Waals surface area contributed by atoms with Gasteiger partial charge in [0, 0.05) is 18.5 Å². The quantitative estimate of drug-likeness (QED) is 0.838. The Bertz CT molecular complexity index is 794. The van der Waals surface area contributed by atoms with Gasteiger partial charge in [0.25, 0.3) is 5.91 Å². The van der Waals surface area contributed by atoms with Crippen LogP contribution in [-0.2, 0) is 5.60 Å². The van der Waals surface area contributed by atoms with E-state index in [1.807, 2.05) is 47.4 Å². The number of fused-ring (bicyclic) bond motifs is 1. The minimum atomic E-state index is -0.858. The number of amides is 1. The number of aliphatic hydroxyl groups is 1. The topological polar surface area (TPSA) is 40.5 Å². The SMILES string of the molecule is O=C(c1ccccc1Cl)N1CC[C@@](O)(c2ccccc2)[C@@H]2CCCC[C@@H]21. The van der Waals surface area contributed by atoms with Crippen LogP contribution in [0.1, 0.15) is 48.0 Å². The second-order valence-electron chi connectivity index (χ2n) is 7.48. The molecule has 136 valence electrons. The fourth-order valence-corrected chi connectivity index (χ4v) is 5.03. The van der Waals surface area contributed by atoms with E-state index in [9.17, 15) is 9.90 Å². The first-order chi connectivity index (χ1) is 12.6. The van der Waals surface area contributed by atoms with Crippen LogP contribution in [0.4, 0.5) is 0 Å². The van der Waals surface area contributed by atoms with E-state index in [-0.39, 0.29) is 17.9 Å². The summed E-state index contributed by atoms with van der Waals surface area (Å²) in [6.45, 7) is 0.552. The van der Waals surface area contributed by atoms with Crippen LogP contribution in [0.2, 0.25) is 5.02 Å². The Morgan fingerprint density at radius 2 is 1.73 bits per heavy atom. The molecule has 2 aliphatic rings. The van der Waals surface area contributed by atoms with E-state index in [2.05, 4.69) is 0 Å². The maximum atomic E-state index is 13.2. The van der Waals surface area contributed by atoms with E-state index >= 15 is 0 Å². The predicted molar refractivity (Wildman–Crippen MR) is 103 cm³/mol. The molecule has 1 saturated heterocycles. The molecule has 26 heavy (non-hydrogen) atoms. The predicted octanol–water partition coefficient (Wildman–Crippen LogP) is 4.63. The lowest BCUT2D eigenvalue weighted by Crippen LogP contribution is -2.59. The van der Waals surface area contributed by atoms with Gasteiger partial charge in [-0.25, -0.2) is 0 Å². The van der Waals surface area contributed by atoms with Gasteiger partial charge in [-0.3, -0.25) is 4.79 Å². The lowest BCUT2D eigenvalue weighted by atomic mass is 9.66. The lowest BCUT2D eigenvalue weighted by molar-refractivity contribution is -0.110. The second kappa shape index (κ2) is 7.05. The fraction of sp³-hybridized carbons (Fsp3) is 0.409. The van der Waals surface area contributed by atoms with Crippen molar-refractivity contribution in [3.05, 3.63) is 70.7 Å². The fourth-order valence-electron chi connectivity index (χ4n) is 4.81. The van der Waals surface area contributed by atoms with Crippen LogP contribution in [0.25, 0.3) is 0 Å². The van der Waals surface area contributed by atoms with Crippen LogP contribution in [0.5, 0.6) is 0 Å². The van der Waals surface area contributed by atoms with Crippen LogP contribution in [0, 0.1) is 5.92 Å². The van der Waals surface area contributed by atoms with Crippen molar-refractivity contribution in [1.29, 1.82) is 0 Å². The van der Waals surface area contributed by atoms with Crippen molar-refractivity contribution in [2.75, 3.05) is 6.54 Å². The summed E-state index contributed by atoms with van der Waals surface area (Å²) in [5.41, 5.74) is 0.675. The van der Waals surface area contributed by atoms with Gasteiger partial charge < -0.3 is 10.0 Å². The zero-order valence-corrected chi connectivity index (χ0v) is 15.5. The average Bonchev–Trinajstić information content (AvgIpc) is 2.69. The number of likely N-dealkylation sites (tertiary alicyclic amines) is 1. The van der Waals surface area contributed by atoms with Gasteiger partial charge in [0.2, 0.25) is 0 Å². The summed E-state index contributed by atoms with van der Waals surface area (Å²) in [7, 11) is 0. The van der Waals surface area contributed by atoms with Crippen molar-refractivity contribution in [1.82, 2.24) is 4.90 Å². The zero-order chi connectivity index (χ0) is 18.1. The van der Waals surface area contributed by atoms with Gasteiger partial charge in [0.1, 0.15) is 0 Å². The summed E-state index contributed by atoms with van der Waals surface area (Å²) in [5.74, 6) is 0.0569. The number of carbonyl (C=O) groups excluding carboxylic acids is 1. The smallest absolute Gasteiger partial charge is 0.255 e. The number of piperidine rings is 1. The van der Waals surface area contributed by atoms with Gasteiger partial charge in [-0.05, 0) is 37.0 Å². The van der Waals surface area contributed by atoms with Gasteiger partial charge in [-0.15, -0.1) is 0 Å². The van der Waals surface area contributed by atoms with Crippen LogP contribution >= 0.6 is 11.6 Å². The number of hydrogen-bond acceptors (Lipinski definition) is 2. The second-order valence-corrected chi connectivity index (χ2v) is 7.88. The molecular weight excluding hydrogens is 346 g/mol. The molecule has 2 aromatic rings. The van der Waals surface area contributed by atoms with Gasteiger partial charge in [0.05, 0.1) is 16.2 Å². The molecule has 3 atom stereocenters. The van der Waals surface area contributed by atoms with Crippen molar-refractivity contribution >= 4 is 17.5 Å². The van der Waals surface area contributed by atoms with E-state index in [0.717, 1.165) is 31.2 Å². The summed E-state index contributed by atoms with van der Waals surface area (Å²) < 4.78 is 0. The molecule has 2 fully saturated rings. The minimum Gasteiger partial charge on any atom is -0.385 e. The first-order valence-electron chi connectivity index (χ1n) is 9.44. The monoisotopic (exact) mass is 369 g/mol. The van der Waals surface area contributed by atoms with E-state index < -0.39 is 5.60 Å². The molecule has 1 amide bonds. The summed E-state index contributed by atoms with van der Waals surface area (Å²) in [5, 5.41) is 12.1. The molecule has 1 saturated carbocycles. The third-order valence-electron chi connectivity index (χ3n) is 6.12. The average molecular weight is 370 g/mol. The first-order valence-corrected chi connectivity index (χ1v) is 9.82. The Morgan fingerprint density at radius 3 is 2.50 bits per heavy atom. The Kier molecular flexibility index (Phi) is 4.76. The highest BCUT2D eigenvalue weighted by atomic mass is 35.5. The Labute approximate surface area is 159 Å². The largest absolute Gasteiger partial charge is 0.385 e. The molecule has 1 aliphatic carbocycles. The summed E-state index contributed by atoms with van der Waals surface area (Å²) >= 11 is 6.27. The molecule has 1 heterocycles. The van der Waals surface area contributed by atoms with E-state index in [4.69, 9.17) is 11.6 Å². The molecular formula is C22H24ClNO2. The maximum Gasteiger partial charge on any atom is 0.255 e. The van der Waals surface area contributed by atoms with Gasteiger partial charge >= 0.3 is 0 Å². The van der Waals surface area contributed by atoms with Crippen molar-refractivity contribution in [3.8, 4) is 0 Å². The third-order valence-corrected chi connectivity index (χ3v) is 6.45. The third kappa shape index (κ3) is 2.93. The molecule has 0 aromatic heterocycles. The van der Waals surface area contributed by atoms with Gasteiger partial charge in [-0.2, -0.15) is 0 Å². The minimum absolute atomic E-state index is 0.0115. The van der Waals surface area contributed by atoms with E-state index in [0.29, 0.717) is 23.6 Å². The number of nitrogens with zero attached hydrogens (tertiary/aromatic N) is 1. The summed E-state index contributed by atoms with van der Waals surface area (Å²) in [6, 6.07) is 17.3. The highest BCUT2D eigenvalue weighted by molar-refractivity contribution is 6.33. The number of halogens is 1. The molecule has 1 N–H and O–H groups in total. The normalized spacial score (nSPS) is 28.5. The number of benzene rings is 2. The van der Waals surface area contributed by atoms with Crippen LogP contribution in [-0.4, -0.2) is 28.5 Å². The number of carbonyl (C=O) groups is 1. The highest BCUT2D eigenvalue weighted by Crippen LogP contribution is 2.47. The maximum absolute atomic E-state index is 13.2. The lowest BCUT2D eigenvalue weighted by Gasteiger charge is -2.52. The first kappa shape index (κ1) is 17.6. The Balaban J connectivity index is 1.67. The zero-order valence-electron chi connectivity index (χ0n) is 14.8. The number of rotatable bonds is 2. The molecule has 4 rings (SSSR count). The van der Waals surface area contributed by atoms with E-state index in [1.165, 1.54) is 0 Å². The Hall–Kier alpha value is -1.84. The molecule has 3 nitrogen and oxygen atoms in total. The van der Waals surface area contributed by atoms with Crippen molar-refractivity contribution in [3.63, 3.8) is 0 Å². The summed E-state index contributed by atoms with van der Waals surface area (Å²) in [4.78, 5) is 15.1. The molecule has 2 aromatic carbocycles. The van der Waals surface area contributed by atoms with Crippen LogP contribution in [0.3, 0.4) is 0 Å². The number of hydrogen-bond donors (Lipinski definition) is 1. The standard InChI is InChI=1S/C22H24ClNO2/c23-19-12-6-4-10-17(19)21(25)24-15-14-22(26,16-8-2-1-3-9-16)18-11-5-7-13-20(18)24/h1-4,6,8-10,12,18,20,26H,5,7,11,13-15H2/t18-,20+,22-/m1/s1. The molecule has 1 aliphatic heterocycles.